The lowest BCUT2D eigenvalue weighted by Gasteiger charge is -2.20. The Labute approximate surface area is 118 Å². The van der Waals surface area contributed by atoms with Crippen LogP contribution in [0.25, 0.3) is 0 Å². The number of rotatable bonds is 7. The van der Waals surface area contributed by atoms with Gasteiger partial charge in [-0.1, -0.05) is 11.6 Å². The van der Waals surface area contributed by atoms with Gasteiger partial charge in [-0.3, -0.25) is 4.79 Å². The highest BCUT2D eigenvalue weighted by atomic mass is 35.5. The zero-order chi connectivity index (χ0) is 14.3. The van der Waals surface area contributed by atoms with Crippen molar-refractivity contribution >= 4 is 28.9 Å². The topological polar surface area (TPSA) is 67.6 Å². The highest BCUT2D eigenvalue weighted by molar-refractivity contribution is 6.31. The van der Waals surface area contributed by atoms with E-state index in [1.54, 1.807) is 37.3 Å². The fraction of sp³-hybridized carbons (Fsp3) is 0.462. The van der Waals surface area contributed by atoms with E-state index in [0.29, 0.717) is 23.9 Å². The lowest BCUT2D eigenvalue weighted by Crippen LogP contribution is -2.36. The number of ether oxygens (including phenoxy) is 1. The van der Waals surface area contributed by atoms with Crippen LogP contribution in [0, 0.1) is 0 Å². The normalized spacial score (nSPS) is 10.3. The molecule has 5 nitrogen and oxygen atoms in total. The number of carbonyl (C=O) groups is 1. The van der Waals surface area contributed by atoms with Crippen molar-refractivity contribution in [2.75, 3.05) is 44.5 Å². The summed E-state index contributed by atoms with van der Waals surface area (Å²) >= 11 is 5.92. The molecule has 0 saturated heterocycles. The molecule has 0 heterocycles. The molecular formula is C13H20ClN3O2. The first-order chi connectivity index (χ1) is 9.04. The van der Waals surface area contributed by atoms with Crippen molar-refractivity contribution in [3.63, 3.8) is 0 Å². The summed E-state index contributed by atoms with van der Waals surface area (Å²) in [5, 5.41) is 3.41. The van der Waals surface area contributed by atoms with Crippen LogP contribution >= 0.6 is 11.6 Å². The molecule has 0 unspecified atom stereocenters. The summed E-state index contributed by atoms with van der Waals surface area (Å²) in [6.07, 6.45) is 0.797. The van der Waals surface area contributed by atoms with E-state index in [4.69, 9.17) is 22.1 Å². The number of anilines is 2. The van der Waals surface area contributed by atoms with E-state index in [1.807, 2.05) is 0 Å². The van der Waals surface area contributed by atoms with Gasteiger partial charge in [0.05, 0.1) is 17.9 Å². The number of benzene rings is 1. The van der Waals surface area contributed by atoms with Gasteiger partial charge >= 0.3 is 0 Å². The second-order valence-corrected chi connectivity index (χ2v) is 4.69. The Balaban J connectivity index is 2.47. The maximum absolute atomic E-state index is 11.7. The minimum Gasteiger partial charge on any atom is -0.397 e. The molecule has 6 heteroatoms. The maximum Gasteiger partial charge on any atom is 0.239 e. The smallest absolute Gasteiger partial charge is 0.239 e. The summed E-state index contributed by atoms with van der Waals surface area (Å²) in [6.45, 7) is 1.47. The van der Waals surface area contributed by atoms with Gasteiger partial charge in [-0.15, -0.1) is 0 Å². The Bertz CT molecular complexity index is 426. The van der Waals surface area contributed by atoms with E-state index in [0.717, 1.165) is 12.1 Å². The molecule has 0 aromatic heterocycles. The number of hydrogen-bond donors (Lipinski definition) is 2. The van der Waals surface area contributed by atoms with Crippen LogP contribution in [0.15, 0.2) is 18.2 Å². The third-order valence-corrected chi connectivity index (χ3v) is 2.87. The average molecular weight is 286 g/mol. The molecular weight excluding hydrogens is 266 g/mol. The van der Waals surface area contributed by atoms with Gasteiger partial charge in [-0.05, 0) is 24.6 Å². The van der Waals surface area contributed by atoms with E-state index in [9.17, 15) is 4.79 Å². The Kier molecular flexibility index (Phi) is 6.45. The average Bonchev–Trinajstić information content (AvgIpc) is 2.37. The van der Waals surface area contributed by atoms with Crippen molar-refractivity contribution < 1.29 is 9.53 Å². The number of nitrogens with one attached hydrogen (secondary N) is 1. The quantitative estimate of drug-likeness (QED) is 0.589. The Morgan fingerprint density at radius 1 is 1.53 bits per heavy atom. The van der Waals surface area contributed by atoms with E-state index >= 15 is 0 Å². The molecule has 0 atom stereocenters. The summed E-state index contributed by atoms with van der Waals surface area (Å²) in [7, 11) is 3.44. The van der Waals surface area contributed by atoms with Gasteiger partial charge in [0, 0.05) is 32.3 Å². The van der Waals surface area contributed by atoms with Crippen LogP contribution in [0.1, 0.15) is 6.42 Å². The number of nitrogen functional groups attached to an aromatic ring is 1. The van der Waals surface area contributed by atoms with E-state index in [1.165, 1.54) is 0 Å². The van der Waals surface area contributed by atoms with Crippen molar-refractivity contribution in [1.29, 1.82) is 0 Å². The van der Waals surface area contributed by atoms with Crippen LogP contribution in [0.4, 0.5) is 11.4 Å². The fourth-order valence-electron chi connectivity index (χ4n) is 1.65. The predicted octanol–water partition coefficient (Wildman–Crippen LogP) is 1.51. The molecule has 0 bridgehead atoms. The van der Waals surface area contributed by atoms with E-state index in [2.05, 4.69) is 5.32 Å². The number of nitrogens with two attached hydrogens (primary N) is 1. The van der Waals surface area contributed by atoms with Crippen LogP contribution < -0.4 is 16.0 Å². The third-order valence-electron chi connectivity index (χ3n) is 2.63. The van der Waals surface area contributed by atoms with Crippen molar-refractivity contribution in [3.8, 4) is 0 Å². The molecule has 0 aliphatic carbocycles. The van der Waals surface area contributed by atoms with Gasteiger partial charge in [0.2, 0.25) is 5.91 Å². The minimum atomic E-state index is -0.0574. The monoisotopic (exact) mass is 285 g/mol. The third kappa shape index (κ3) is 5.36. The van der Waals surface area contributed by atoms with Gasteiger partial charge in [0.25, 0.3) is 0 Å². The second-order valence-electron chi connectivity index (χ2n) is 4.26. The molecule has 1 aromatic rings. The second kappa shape index (κ2) is 7.86. The van der Waals surface area contributed by atoms with Gasteiger partial charge < -0.3 is 20.7 Å². The lowest BCUT2D eigenvalue weighted by molar-refractivity contribution is -0.119. The number of nitrogens with zero attached hydrogens (tertiary/aromatic N) is 1. The first kappa shape index (κ1) is 15.6. The maximum atomic E-state index is 11.7. The first-order valence-electron chi connectivity index (χ1n) is 6.06. The number of likely N-dealkylation sites (N-methyl/N-ethyl adjacent to an activating group) is 1. The van der Waals surface area contributed by atoms with Crippen LogP contribution in [-0.4, -0.2) is 39.8 Å². The minimum absolute atomic E-state index is 0.0574. The molecule has 1 aromatic carbocycles. The SMILES string of the molecule is COCCCNC(=O)CN(C)c1cc(Cl)ccc1N. The summed E-state index contributed by atoms with van der Waals surface area (Å²) in [6, 6.07) is 5.19. The Morgan fingerprint density at radius 2 is 2.26 bits per heavy atom. The number of carbonyl (C=O) groups excluding carboxylic acids is 1. The van der Waals surface area contributed by atoms with Crippen molar-refractivity contribution in [1.82, 2.24) is 5.32 Å². The van der Waals surface area contributed by atoms with Crippen LogP contribution in [0.2, 0.25) is 5.02 Å². The molecule has 0 fully saturated rings. The highest BCUT2D eigenvalue weighted by Crippen LogP contribution is 2.25. The van der Waals surface area contributed by atoms with Crippen LogP contribution in [0.5, 0.6) is 0 Å². The molecule has 1 amide bonds. The molecule has 1 rings (SSSR count). The van der Waals surface area contributed by atoms with Crippen molar-refractivity contribution in [3.05, 3.63) is 23.2 Å². The molecule has 0 spiro atoms. The molecule has 106 valence electrons. The van der Waals surface area contributed by atoms with Crippen molar-refractivity contribution in [2.45, 2.75) is 6.42 Å². The summed E-state index contributed by atoms with van der Waals surface area (Å²) in [4.78, 5) is 13.5. The first-order valence-corrected chi connectivity index (χ1v) is 6.44. The van der Waals surface area contributed by atoms with E-state index < -0.39 is 0 Å². The Hall–Kier alpha value is -1.46. The van der Waals surface area contributed by atoms with Gasteiger partial charge in [-0.25, -0.2) is 0 Å². The zero-order valence-electron chi connectivity index (χ0n) is 11.3. The molecule has 0 aliphatic rings. The zero-order valence-corrected chi connectivity index (χ0v) is 12.0. The number of amides is 1. The number of halogens is 1. The van der Waals surface area contributed by atoms with E-state index in [-0.39, 0.29) is 12.5 Å². The van der Waals surface area contributed by atoms with Gasteiger partial charge in [-0.2, -0.15) is 0 Å². The standard InChI is InChI=1S/C13H20ClN3O2/c1-17(9-13(18)16-6-3-7-19-2)12-8-10(14)4-5-11(12)15/h4-5,8H,3,6-7,9,15H2,1-2H3,(H,16,18). The fourth-order valence-corrected chi connectivity index (χ4v) is 1.81. The summed E-state index contributed by atoms with van der Waals surface area (Å²) in [5.41, 5.74) is 7.20. The number of methoxy groups -OCH3 is 1. The predicted molar refractivity (Wildman–Crippen MR) is 78.6 cm³/mol. The number of hydrogen-bond acceptors (Lipinski definition) is 4. The van der Waals surface area contributed by atoms with Gasteiger partial charge in [0.1, 0.15) is 0 Å². The molecule has 0 radical (unpaired) electrons. The van der Waals surface area contributed by atoms with Crippen LogP contribution in [-0.2, 0) is 9.53 Å². The van der Waals surface area contributed by atoms with Crippen LogP contribution in [0.3, 0.4) is 0 Å². The molecule has 0 aliphatic heterocycles. The Morgan fingerprint density at radius 3 is 2.95 bits per heavy atom. The van der Waals surface area contributed by atoms with Gasteiger partial charge in [0.15, 0.2) is 0 Å². The summed E-state index contributed by atoms with van der Waals surface area (Å²) in [5.74, 6) is -0.0574. The van der Waals surface area contributed by atoms with Crippen molar-refractivity contribution in [2.24, 2.45) is 0 Å². The largest absolute Gasteiger partial charge is 0.397 e. The molecule has 3 N–H and O–H groups in total. The highest BCUT2D eigenvalue weighted by Gasteiger charge is 2.10. The lowest BCUT2D eigenvalue weighted by atomic mass is 10.2. The molecule has 0 saturated carbocycles. The molecule has 19 heavy (non-hydrogen) atoms. The summed E-state index contributed by atoms with van der Waals surface area (Å²) < 4.78 is 4.91.